The van der Waals surface area contributed by atoms with E-state index in [2.05, 4.69) is 10.3 Å². The van der Waals surface area contributed by atoms with Crippen molar-refractivity contribution in [3.63, 3.8) is 0 Å². The maximum Gasteiger partial charge on any atom is 0.261 e. The second kappa shape index (κ2) is 5.91. The summed E-state index contributed by atoms with van der Waals surface area (Å²) in [6.45, 7) is 4.58. The Balaban J connectivity index is 2.09. The van der Waals surface area contributed by atoms with E-state index < -0.39 is 0 Å². The van der Waals surface area contributed by atoms with Gasteiger partial charge in [-0.25, -0.2) is 4.98 Å². The summed E-state index contributed by atoms with van der Waals surface area (Å²) in [4.78, 5) is 29.4. The number of amides is 1. The molecule has 1 N–H and O–H groups in total. The van der Waals surface area contributed by atoms with Crippen LogP contribution in [-0.4, -0.2) is 21.5 Å². The van der Waals surface area contributed by atoms with Gasteiger partial charge < -0.3 is 5.32 Å². The van der Waals surface area contributed by atoms with Gasteiger partial charge in [-0.05, 0) is 44.9 Å². The minimum Gasteiger partial charge on any atom is -0.350 e. The van der Waals surface area contributed by atoms with Gasteiger partial charge in [-0.15, -0.1) is 0 Å². The molecule has 0 aliphatic carbocycles. The molecule has 5 heteroatoms. The second-order valence-electron chi connectivity index (χ2n) is 6.16. The van der Waals surface area contributed by atoms with E-state index in [9.17, 15) is 9.59 Å². The molecule has 1 amide bonds. The summed E-state index contributed by atoms with van der Waals surface area (Å²) >= 11 is 0. The van der Waals surface area contributed by atoms with Crippen molar-refractivity contribution in [3.05, 3.63) is 39.9 Å². The molecule has 116 valence electrons. The highest BCUT2D eigenvalue weighted by atomic mass is 16.1. The van der Waals surface area contributed by atoms with E-state index in [-0.39, 0.29) is 17.5 Å². The van der Waals surface area contributed by atoms with Crippen molar-refractivity contribution in [2.45, 2.75) is 52.1 Å². The Kier molecular flexibility index (Phi) is 3.96. The van der Waals surface area contributed by atoms with E-state index in [4.69, 9.17) is 0 Å². The highest BCUT2D eigenvalue weighted by Crippen LogP contribution is 2.16. The summed E-state index contributed by atoms with van der Waals surface area (Å²) in [5.41, 5.74) is 1.18. The Morgan fingerprint density at radius 1 is 1.27 bits per heavy atom. The van der Waals surface area contributed by atoms with E-state index in [0.717, 1.165) is 38.1 Å². The zero-order chi connectivity index (χ0) is 15.7. The van der Waals surface area contributed by atoms with Crippen LogP contribution in [0.25, 0.3) is 10.9 Å². The lowest BCUT2D eigenvalue weighted by Crippen LogP contribution is -2.30. The average Bonchev–Trinajstić information content (AvgIpc) is 2.71. The number of benzene rings is 1. The molecular formula is C17H21N3O2. The van der Waals surface area contributed by atoms with Crippen LogP contribution in [0.2, 0.25) is 0 Å². The van der Waals surface area contributed by atoms with Crippen molar-refractivity contribution in [2.24, 2.45) is 0 Å². The molecule has 1 aliphatic rings. The quantitative estimate of drug-likeness (QED) is 0.925. The highest BCUT2D eigenvalue weighted by Gasteiger charge is 2.15. The van der Waals surface area contributed by atoms with Gasteiger partial charge in [0, 0.05) is 24.6 Å². The summed E-state index contributed by atoms with van der Waals surface area (Å²) in [7, 11) is 0. The molecule has 1 aliphatic heterocycles. The van der Waals surface area contributed by atoms with Crippen molar-refractivity contribution < 1.29 is 4.79 Å². The van der Waals surface area contributed by atoms with E-state index in [1.165, 1.54) is 0 Å². The first-order valence-corrected chi connectivity index (χ1v) is 7.90. The minimum atomic E-state index is -0.131. The lowest BCUT2D eigenvalue weighted by molar-refractivity contribution is 0.0943. The van der Waals surface area contributed by atoms with Gasteiger partial charge >= 0.3 is 0 Å². The largest absolute Gasteiger partial charge is 0.350 e. The van der Waals surface area contributed by atoms with Crippen molar-refractivity contribution in [3.8, 4) is 0 Å². The van der Waals surface area contributed by atoms with Crippen molar-refractivity contribution in [1.82, 2.24) is 14.9 Å². The first kappa shape index (κ1) is 14.8. The van der Waals surface area contributed by atoms with E-state index in [1.54, 1.807) is 22.8 Å². The Labute approximate surface area is 129 Å². The molecule has 22 heavy (non-hydrogen) atoms. The van der Waals surface area contributed by atoms with Gasteiger partial charge in [0.1, 0.15) is 5.82 Å². The fourth-order valence-electron chi connectivity index (χ4n) is 2.91. The Morgan fingerprint density at radius 2 is 2.09 bits per heavy atom. The van der Waals surface area contributed by atoms with Crippen molar-refractivity contribution >= 4 is 16.8 Å². The zero-order valence-electron chi connectivity index (χ0n) is 13.1. The monoisotopic (exact) mass is 299 g/mol. The molecule has 0 fully saturated rings. The van der Waals surface area contributed by atoms with Crippen molar-refractivity contribution in [1.29, 1.82) is 0 Å². The van der Waals surface area contributed by atoms with Crippen LogP contribution >= 0.6 is 0 Å². The van der Waals surface area contributed by atoms with Gasteiger partial charge in [-0.3, -0.25) is 14.2 Å². The van der Waals surface area contributed by atoms with Crippen LogP contribution in [0.15, 0.2) is 23.0 Å². The Hall–Kier alpha value is -2.17. The lowest BCUT2D eigenvalue weighted by Gasteiger charge is -2.12. The molecule has 3 rings (SSSR count). The number of hydrogen-bond donors (Lipinski definition) is 1. The van der Waals surface area contributed by atoms with Crippen LogP contribution in [0.1, 0.15) is 49.3 Å². The number of hydrogen-bond acceptors (Lipinski definition) is 3. The smallest absolute Gasteiger partial charge is 0.261 e. The summed E-state index contributed by atoms with van der Waals surface area (Å²) in [5, 5.41) is 3.45. The van der Waals surface area contributed by atoms with E-state index >= 15 is 0 Å². The van der Waals surface area contributed by atoms with Crippen LogP contribution < -0.4 is 10.9 Å². The first-order valence-electron chi connectivity index (χ1n) is 7.90. The first-order chi connectivity index (χ1) is 10.6. The zero-order valence-corrected chi connectivity index (χ0v) is 13.1. The summed E-state index contributed by atoms with van der Waals surface area (Å²) in [5.74, 6) is 0.713. The second-order valence-corrected chi connectivity index (χ2v) is 6.16. The molecule has 1 aromatic heterocycles. The van der Waals surface area contributed by atoms with Crippen LogP contribution in [0, 0.1) is 0 Å². The maximum atomic E-state index is 12.6. The van der Waals surface area contributed by atoms with Crippen molar-refractivity contribution in [2.75, 3.05) is 0 Å². The third-order valence-corrected chi connectivity index (χ3v) is 4.00. The van der Waals surface area contributed by atoms with Gasteiger partial charge in [-0.2, -0.15) is 0 Å². The summed E-state index contributed by atoms with van der Waals surface area (Å²) in [6, 6.07) is 5.22. The fraction of sp³-hybridized carbons (Fsp3) is 0.471. The van der Waals surface area contributed by atoms with Crippen LogP contribution in [-0.2, 0) is 13.0 Å². The number of carbonyl (C=O) groups is 1. The summed E-state index contributed by atoms with van der Waals surface area (Å²) in [6.07, 6.45) is 4.04. The standard InChI is InChI=1S/C17H21N3O2/c1-11(2)18-16(21)12-7-8-13-14(10-12)19-15-6-4-3-5-9-20(15)17(13)22/h7-8,10-11H,3-6,9H2,1-2H3,(H,18,21). The number of rotatable bonds is 2. The Morgan fingerprint density at radius 3 is 2.86 bits per heavy atom. The Bertz CT molecular complexity index is 777. The normalized spacial score (nSPS) is 14.7. The molecule has 5 nitrogen and oxygen atoms in total. The SMILES string of the molecule is CC(C)NC(=O)c1ccc2c(=O)n3c(nc2c1)CCCCC3. The number of fused-ring (bicyclic) bond motifs is 2. The van der Waals surface area contributed by atoms with Crippen LogP contribution in [0.5, 0.6) is 0 Å². The maximum absolute atomic E-state index is 12.6. The molecule has 2 heterocycles. The van der Waals surface area contributed by atoms with E-state index in [0.29, 0.717) is 16.5 Å². The average molecular weight is 299 g/mol. The van der Waals surface area contributed by atoms with Crippen LogP contribution in [0.4, 0.5) is 0 Å². The molecule has 2 aromatic rings. The molecule has 0 unspecified atom stereocenters. The van der Waals surface area contributed by atoms with Gasteiger partial charge in [0.25, 0.3) is 11.5 Å². The fourth-order valence-corrected chi connectivity index (χ4v) is 2.91. The molecule has 0 atom stereocenters. The predicted molar refractivity (Wildman–Crippen MR) is 86.2 cm³/mol. The molecule has 1 aromatic carbocycles. The molecular weight excluding hydrogens is 278 g/mol. The molecule has 0 bridgehead atoms. The lowest BCUT2D eigenvalue weighted by atomic mass is 10.1. The number of carbonyl (C=O) groups excluding carboxylic acids is 1. The molecule has 0 saturated carbocycles. The molecule has 0 radical (unpaired) electrons. The number of nitrogens with one attached hydrogen (secondary N) is 1. The minimum absolute atomic E-state index is 0.0118. The highest BCUT2D eigenvalue weighted by molar-refractivity contribution is 5.97. The number of nitrogens with zero attached hydrogens (tertiary/aromatic N) is 2. The number of aromatic nitrogens is 2. The molecule has 0 spiro atoms. The number of aryl methyl sites for hydroxylation is 1. The molecule has 0 saturated heterocycles. The van der Waals surface area contributed by atoms with Gasteiger partial charge in [0.2, 0.25) is 0 Å². The van der Waals surface area contributed by atoms with E-state index in [1.807, 2.05) is 13.8 Å². The van der Waals surface area contributed by atoms with Gasteiger partial charge in [0.05, 0.1) is 10.9 Å². The summed E-state index contributed by atoms with van der Waals surface area (Å²) < 4.78 is 1.79. The third-order valence-electron chi connectivity index (χ3n) is 4.00. The topological polar surface area (TPSA) is 64.0 Å². The third kappa shape index (κ3) is 2.75. The van der Waals surface area contributed by atoms with Gasteiger partial charge in [0.15, 0.2) is 0 Å². The van der Waals surface area contributed by atoms with Crippen LogP contribution in [0.3, 0.4) is 0 Å². The van der Waals surface area contributed by atoms with Gasteiger partial charge in [-0.1, -0.05) is 6.42 Å². The predicted octanol–water partition coefficient (Wildman–Crippen LogP) is 2.26.